The van der Waals surface area contributed by atoms with E-state index in [4.69, 9.17) is 0 Å². The van der Waals surface area contributed by atoms with Crippen molar-refractivity contribution in [2.75, 3.05) is 19.6 Å². The third-order valence-corrected chi connectivity index (χ3v) is 2.69. The van der Waals surface area contributed by atoms with Crippen molar-refractivity contribution in [1.29, 1.82) is 0 Å². The Morgan fingerprint density at radius 2 is 2.29 bits per heavy atom. The van der Waals surface area contributed by atoms with Crippen LogP contribution in [0.5, 0.6) is 0 Å². The molecular formula is C11H22N2O. The quantitative estimate of drug-likeness (QED) is 0.602. The molecule has 0 radical (unpaired) electrons. The van der Waals surface area contributed by atoms with Crippen molar-refractivity contribution in [2.45, 2.75) is 45.1 Å². The maximum atomic E-state index is 10.9. The van der Waals surface area contributed by atoms with E-state index in [2.05, 4.69) is 17.6 Å². The van der Waals surface area contributed by atoms with Crippen LogP contribution in [-0.4, -0.2) is 31.5 Å². The number of hydrogen-bond donors (Lipinski definition) is 2. The monoisotopic (exact) mass is 198 g/mol. The Hall–Kier alpha value is -0.410. The third kappa shape index (κ3) is 4.72. The first-order valence-corrected chi connectivity index (χ1v) is 5.78. The molecule has 0 aromatic rings. The normalized spacial score (nSPS) is 21.8. The van der Waals surface area contributed by atoms with Crippen molar-refractivity contribution < 1.29 is 4.79 Å². The van der Waals surface area contributed by atoms with Gasteiger partial charge in [-0.15, -0.1) is 0 Å². The Balaban J connectivity index is 1.86. The zero-order chi connectivity index (χ0) is 10.2. The summed E-state index contributed by atoms with van der Waals surface area (Å²) in [5, 5.41) is 6.63. The summed E-state index contributed by atoms with van der Waals surface area (Å²) in [6, 6.07) is 0.432. The molecule has 1 heterocycles. The Labute approximate surface area is 86.6 Å². The first-order valence-electron chi connectivity index (χ1n) is 5.78. The van der Waals surface area contributed by atoms with Gasteiger partial charge in [0.1, 0.15) is 5.78 Å². The Morgan fingerprint density at radius 1 is 1.43 bits per heavy atom. The number of nitrogens with one attached hydrogen (secondary N) is 2. The van der Waals surface area contributed by atoms with Crippen molar-refractivity contribution in [3.8, 4) is 0 Å². The van der Waals surface area contributed by atoms with Crippen LogP contribution in [0.15, 0.2) is 0 Å². The average molecular weight is 198 g/mol. The van der Waals surface area contributed by atoms with Crippen LogP contribution in [0.3, 0.4) is 0 Å². The molecule has 0 bridgehead atoms. The van der Waals surface area contributed by atoms with Gasteiger partial charge in [0.15, 0.2) is 0 Å². The number of Topliss-reactive ketones (excluding diaryl/α,β-unsaturated/α-hetero) is 1. The van der Waals surface area contributed by atoms with Gasteiger partial charge in [0.25, 0.3) is 0 Å². The lowest BCUT2D eigenvalue weighted by Crippen LogP contribution is -2.27. The van der Waals surface area contributed by atoms with Crippen LogP contribution in [0.1, 0.15) is 39.0 Å². The van der Waals surface area contributed by atoms with Gasteiger partial charge in [-0.1, -0.05) is 19.8 Å². The summed E-state index contributed by atoms with van der Waals surface area (Å²) < 4.78 is 0. The van der Waals surface area contributed by atoms with Crippen molar-refractivity contribution in [2.24, 2.45) is 0 Å². The number of unbranched alkanes of at least 4 members (excludes halogenated alkanes) is 2. The second kappa shape index (κ2) is 6.96. The zero-order valence-electron chi connectivity index (χ0n) is 9.14. The van der Waals surface area contributed by atoms with Gasteiger partial charge in [0, 0.05) is 12.5 Å². The summed E-state index contributed by atoms with van der Waals surface area (Å²) in [7, 11) is 0. The predicted octanol–water partition coefficient (Wildman–Crippen LogP) is 1.09. The largest absolute Gasteiger partial charge is 0.317 e. The second-order valence-electron chi connectivity index (χ2n) is 4.07. The fraction of sp³-hybridized carbons (Fsp3) is 0.909. The molecule has 0 spiro atoms. The summed E-state index contributed by atoms with van der Waals surface area (Å²) >= 11 is 0. The zero-order valence-corrected chi connectivity index (χ0v) is 9.14. The minimum atomic E-state index is 0.362. The van der Waals surface area contributed by atoms with E-state index in [0.29, 0.717) is 18.4 Å². The maximum Gasteiger partial charge on any atom is 0.148 e. The molecule has 82 valence electrons. The first kappa shape index (κ1) is 11.7. The van der Waals surface area contributed by atoms with Crippen molar-refractivity contribution in [3.63, 3.8) is 0 Å². The summed E-state index contributed by atoms with van der Waals surface area (Å²) in [6.45, 7) is 4.96. The average Bonchev–Trinajstić information content (AvgIpc) is 2.58. The van der Waals surface area contributed by atoms with Gasteiger partial charge in [-0.2, -0.15) is 0 Å². The number of ketones is 1. The smallest absolute Gasteiger partial charge is 0.148 e. The Kier molecular flexibility index (Phi) is 5.80. The Morgan fingerprint density at radius 3 is 2.93 bits per heavy atom. The molecule has 0 aromatic heterocycles. The molecule has 0 aromatic carbocycles. The lowest BCUT2D eigenvalue weighted by molar-refractivity contribution is -0.116. The van der Waals surface area contributed by atoms with Gasteiger partial charge in [-0.05, 0) is 25.9 Å². The van der Waals surface area contributed by atoms with Gasteiger partial charge < -0.3 is 10.6 Å². The van der Waals surface area contributed by atoms with E-state index < -0.39 is 0 Å². The molecule has 1 saturated heterocycles. The molecule has 1 aliphatic heterocycles. The molecule has 1 fully saturated rings. The summed E-state index contributed by atoms with van der Waals surface area (Å²) in [4.78, 5) is 10.9. The highest BCUT2D eigenvalue weighted by Gasteiger charge is 2.19. The minimum absolute atomic E-state index is 0.362. The van der Waals surface area contributed by atoms with E-state index in [9.17, 15) is 4.79 Å². The van der Waals surface area contributed by atoms with E-state index in [-0.39, 0.29) is 0 Å². The predicted molar refractivity (Wildman–Crippen MR) is 58.4 cm³/mol. The van der Waals surface area contributed by atoms with Gasteiger partial charge in [0.2, 0.25) is 0 Å². The number of carbonyl (C=O) groups is 1. The van der Waals surface area contributed by atoms with Crippen molar-refractivity contribution >= 4 is 5.78 Å². The number of carbonyl (C=O) groups excluding carboxylic acids is 1. The molecule has 1 unspecified atom stereocenters. The van der Waals surface area contributed by atoms with E-state index in [1.807, 2.05) is 0 Å². The standard InChI is InChI=1S/C11H22N2O/c1-2-3-4-6-12-7-5-10-8-11(14)9-13-10/h10,12-13H,2-9H2,1H3. The summed E-state index contributed by atoms with van der Waals surface area (Å²) in [6.07, 6.45) is 5.68. The minimum Gasteiger partial charge on any atom is -0.317 e. The fourth-order valence-corrected chi connectivity index (χ4v) is 1.78. The van der Waals surface area contributed by atoms with Gasteiger partial charge in [0.05, 0.1) is 6.54 Å². The van der Waals surface area contributed by atoms with Crippen molar-refractivity contribution in [3.05, 3.63) is 0 Å². The van der Waals surface area contributed by atoms with Crippen LogP contribution in [-0.2, 0) is 4.79 Å². The van der Waals surface area contributed by atoms with Crippen LogP contribution in [0.25, 0.3) is 0 Å². The SMILES string of the molecule is CCCCCNCCC1CC(=O)CN1. The van der Waals surface area contributed by atoms with Crippen molar-refractivity contribution in [1.82, 2.24) is 10.6 Å². The van der Waals surface area contributed by atoms with Gasteiger partial charge in [-0.25, -0.2) is 0 Å². The fourth-order valence-electron chi connectivity index (χ4n) is 1.78. The van der Waals surface area contributed by atoms with Crippen LogP contribution >= 0.6 is 0 Å². The van der Waals surface area contributed by atoms with E-state index >= 15 is 0 Å². The maximum absolute atomic E-state index is 10.9. The van der Waals surface area contributed by atoms with Crippen LogP contribution in [0, 0.1) is 0 Å². The molecule has 1 atom stereocenters. The van der Waals surface area contributed by atoms with Gasteiger partial charge in [-0.3, -0.25) is 4.79 Å². The molecule has 0 amide bonds. The highest BCUT2D eigenvalue weighted by Crippen LogP contribution is 2.04. The van der Waals surface area contributed by atoms with Gasteiger partial charge >= 0.3 is 0 Å². The molecule has 14 heavy (non-hydrogen) atoms. The molecule has 0 saturated carbocycles. The van der Waals surface area contributed by atoms with Crippen LogP contribution in [0.4, 0.5) is 0 Å². The number of rotatable bonds is 7. The highest BCUT2D eigenvalue weighted by molar-refractivity contribution is 5.83. The molecule has 2 N–H and O–H groups in total. The Bertz CT molecular complexity index is 171. The molecule has 3 nitrogen and oxygen atoms in total. The lowest BCUT2D eigenvalue weighted by Gasteiger charge is -2.09. The molecular weight excluding hydrogens is 176 g/mol. The third-order valence-electron chi connectivity index (χ3n) is 2.69. The highest BCUT2D eigenvalue weighted by atomic mass is 16.1. The molecule has 3 heteroatoms. The summed E-state index contributed by atoms with van der Waals surface area (Å²) in [5.41, 5.74) is 0. The summed E-state index contributed by atoms with van der Waals surface area (Å²) in [5.74, 6) is 0.362. The first-order chi connectivity index (χ1) is 6.83. The topological polar surface area (TPSA) is 41.1 Å². The second-order valence-corrected chi connectivity index (χ2v) is 4.07. The number of hydrogen-bond acceptors (Lipinski definition) is 3. The van der Waals surface area contributed by atoms with Crippen LogP contribution in [0.2, 0.25) is 0 Å². The molecule has 0 aliphatic carbocycles. The van der Waals surface area contributed by atoms with E-state index in [1.165, 1.54) is 19.3 Å². The lowest BCUT2D eigenvalue weighted by atomic mass is 10.1. The molecule has 1 aliphatic rings. The van der Waals surface area contributed by atoms with E-state index in [0.717, 1.165) is 25.9 Å². The van der Waals surface area contributed by atoms with Crippen LogP contribution < -0.4 is 10.6 Å². The molecule has 1 rings (SSSR count). The van der Waals surface area contributed by atoms with E-state index in [1.54, 1.807) is 0 Å².